The fourth-order valence-corrected chi connectivity index (χ4v) is 3.49. The summed E-state index contributed by atoms with van der Waals surface area (Å²) in [5.74, 6) is -1.15. The summed E-state index contributed by atoms with van der Waals surface area (Å²) in [5.41, 5.74) is -0.142. The van der Waals surface area contributed by atoms with E-state index in [4.69, 9.17) is 5.11 Å². The first-order chi connectivity index (χ1) is 9.86. The lowest BCUT2D eigenvalue weighted by Crippen LogP contribution is -2.55. The zero-order chi connectivity index (χ0) is 15.6. The first kappa shape index (κ1) is 15.9. The van der Waals surface area contributed by atoms with Crippen LogP contribution < -0.4 is 0 Å². The third-order valence-corrected chi connectivity index (χ3v) is 5.40. The van der Waals surface area contributed by atoms with Crippen LogP contribution >= 0.6 is 0 Å². The molecular weight excluding hydrogens is 298 g/mol. The number of aromatic nitrogens is 3. The quantitative estimate of drug-likeness (QED) is 0.746. The van der Waals surface area contributed by atoms with Crippen molar-refractivity contribution in [3.63, 3.8) is 0 Å². The number of carboxylic acid groups (broad SMARTS) is 1. The molecule has 0 aromatic carbocycles. The predicted octanol–water partition coefficient (Wildman–Crippen LogP) is -0.190. The van der Waals surface area contributed by atoms with Crippen molar-refractivity contribution in [1.82, 2.24) is 23.6 Å². The maximum Gasteiger partial charge on any atom is 0.358 e. The molecule has 0 unspecified atom stereocenters. The van der Waals surface area contributed by atoms with E-state index >= 15 is 0 Å². The SMILES string of the molecule is CCCCN(C)S(=O)(=O)N1CC(n2cc(C(=O)O)nn2)C1. The summed E-state index contributed by atoms with van der Waals surface area (Å²) in [6.45, 7) is 3.06. The first-order valence-electron chi connectivity index (χ1n) is 6.72. The third kappa shape index (κ3) is 3.22. The van der Waals surface area contributed by atoms with Crippen LogP contribution in [-0.2, 0) is 10.2 Å². The largest absolute Gasteiger partial charge is 0.476 e. The van der Waals surface area contributed by atoms with Crippen LogP contribution in [0.2, 0.25) is 0 Å². The molecule has 9 nitrogen and oxygen atoms in total. The first-order valence-corrected chi connectivity index (χ1v) is 8.12. The van der Waals surface area contributed by atoms with Crippen molar-refractivity contribution in [2.75, 3.05) is 26.7 Å². The number of carbonyl (C=O) groups is 1. The molecule has 1 aromatic heterocycles. The Kier molecular flexibility index (Phi) is 4.59. The molecule has 2 rings (SSSR count). The van der Waals surface area contributed by atoms with Crippen LogP contribution in [-0.4, -0.2) is 69.8 Å². The second-order valence-corrected chi connectivity index (χ2v) is 7.08. The Bertz CT molecular complexity index is 608. The van der Waals surface area contributed by atoms with Crippen molar-refractivity contribution in [3.05, 3.63) is 11.9 Å². The van der Waals surface area contributed by atoms with Gasteiger partial charge in [0.15, 0.2) is 5.69 Å². The fourth-order valence-electron chi connectivity index (χ4n) is 2.02. The number of nitrogens with zero attached hydrogens (tertiary/aromatic N) is 5. The molecule has 10 heteroatoms. The molecule has 1 aromatic rings. The van der Waals surface area contributed by atoms with E-state index < -0.39 is 16.2 Å². The van der Waals surface area contributed by atoms with Crippen LogP contribution in [0, 0.1) is 0 Å². The molecule has 0 spiro atoms. The van der Waals surface area contributed by atoms with E-state index in [2.05, 4.69) is 10.3 Å². The van der Waals surface area contributed by atoms with E-state index in [0.29, 0.717) is 6.54 Å². The smallest absolute Gasteiger partial charge is 0.358 e. The summed E-state index contributed by atoms with van der Waals surface area (Å²) < 4.78 is 28.5. The zero-order valence-electron chi connectivity index (χ0n) is 12.0. The van der Waals surface area contributed by atoms with E-state index in [-0.39, 0.29) is 24.8 Å². The Morgan fingerprint density at radius 2 is 2.19 bits per heavy atom. The van der Waals surface area contributed by atoms with Gasteiger partial charge in [-0.1, -0.05) is 18.6 Å². The fraction of sp³-hybridized carbons (Fsp3) is 0.727. The lowest BCUT2D eigenvalue weighted by molar-refractivity contribution is 0.0690. The molecule has 1 saturated heterocycles. The average molecular weight is 317 g/mol. The molecule has 1 aliphatic rings. The number of carboxylic acids is 1. The van der Waals surface area contributed by atoms with Crippen molar-refractivity contribution in [3.8, 4) is 0 Å². The van der Waals surface area contributed by atoms with Crippen LogP contribution in [0.3, 0.4) is 0 Å². The van der Waals surface area contributed by atoms with Crippen LogP contribution in [0.1, 0.15) is 36.3 Å². The summed E-state index contributed by atoms with van der Waals surface area (Å²) in [6, 6.07) is -0.167. The Labute approximate surface area is 123 Å². The van der Waals surface area contributed by atoms with E-state index in [1.807, 2.05) is 6.92 Å². The molecule has 1 N–H and O–H groups in total. The van der Waals surface area contributed by atoms with Crippen molar-refractivity contribution >= 4 is 16.2 Å². The standard InChI is InChI=1S/C11H19N5O4S/c1-3-4-5-14(2)21(19,20)15-6-9(7-15)16-8-10(11(17)18)12-13-16/h8-9H,3-7H2,1-2H3,(H,17,18). The van der Waals surface area contributed by atoms with Gasteiger partial charge in [-0.25, -0.2) is 9.48 Å². The van der Waals surface area contributed by atoms with Gasteiger partial charge in [-0.2, -0.15) is 17.0 Å². The molecule has 0 bridgehead atoms. The van der Waals surface area contributed by atoms with Gasteiger partial charge in [0.05, 0.1) is 12.2 Å². The second kappa shape index (κ2) is 6.08. The van der Waals surface area contributed by atoms with Crippen LogP contribution in [0.4, 0.5) is 0 Å². The number of hydrogen-bond donors (Lipinski definition) is 1. The highest BCUT2D eigenvalue weighted by atomic mass is 32.2. The van der Waals surface area contributed by atoms with Crippen molar-refractivity contribution < 1.29 is 18.3 Å². The molecule has 1 fully saturated rings. The number of rotatable bonds is 7. The van der Waals surface area contributed by atoms with E-state index in [0.717, 1.165) is 12.8 Å². The summed E-state index contributed by atoms with van der Waals surface area (Å²) >= 11 is 0. The molecular formula is C11H19N5O4S. The minimum absolute atomic E-state index is 0.142. The van der Waals surface area contributed by atoms with E-state index in [9.17, 15) is 13.2 Å². The molecule has 2 heterocycles. The van der Waals surface area contributed by atoms with Crippen molar-refractivity contribution in [1.29, 1.82) is 0 Å². The van der Waals surface area contributed by atoms with Gasteiger partial charge in [0, 0.05) is 26.7 Å². The normalized spacial score (nSPS) is 17.1. The molecule has 0 aliphatic carbocycles. The Morgan fingerprint density at radius 1 is 1.52 bits per heavy atom. The molecule has 0 amide bonds. The minimum Gasteiger partial charge on any atom is -0.476 e. The Morgan fingerprint density at radius 3 is 2.71 bits per heavy atom. The number of hydrogen-bond acceptors (Lipinski definition) is 5. The summed E-state index contributed by atoms with van der Waals surface area (Å²) in [6.07, 6.45) is 3.06. The molecule has 1 aliphatic heterocycles. The molecule has 118 valence electrons. The lowest BCUT2D eigenvalue weighted by atomic mass is 10.2. The lowest BCUT2D eigenvalue weighted by Gasteiger charge is -2.39. The van der Waals surface area contributed by atoms with Crippen molar-refractivity contribution in [2.24, 2.45) is 0 Å². The zero-order valence-corrected chi connectivity index (χ0v) is 12.8. The highest BCUT2D eigenvalue weighted by Crippen LogP contribution is 2.25. The van der Waals surface area contributed by atoms with E-state index in [1.54, 1.807) is 7.05 Å². The van der Waals surface area contributed by atoms with Gasteiger partial charge in [0.1, 0.15) is 0 Å². The van der Waals surface area contributed by atoms with Crippen LogP contribution in [0.25, 0.3) is 0 Å². The molecule has 21 heavy (non-hydrogen) atoms. The van der Waals surface area contributed by atoms with E-state index in [1.165, 1.54) is 19.5 Å². The maximum atomic E-state index is 12.2. The Balaban J connectivity index is 1.94. The third-order valence-electron chi connectivity index (χ3n) is 3.48. The number of unbranched alkanes of at least 4 members (excludes halogenated alkanes) is 1. The summed E-state index contributed by atoms with van der Waals surface area (Å²) in [7, 11) is -1.87. The van der Waals surface area contributed by atoms with Crippen LogP contribution in [0.15, 0.2) is 6.20 Å². The van der Waals surface area contributed by atoms with Gasteiger partial charge in [-0.05, 0) is 6.42 Å². The van der Waals surface area contributed by atoms with Gasteiger partial charge >= 0.3 is 5.97 Å². The molecule has 0 atom stereocenters. The highest BCUT2D eigenvalue weighted by molar-refractivity contribution is 7.86. The van der Waals surface area contributed by atoms with Gasteiger partial charge in [0.25, 0.3) is 10.2 Å². The number of aromatic carboxylic acids is 1. The second-order valence-electron chi connectivity index (χ2n) is 5.04. The van der Waals surface area contributed by atoms with Gasteiger partial charge in [-0.15, -0.1) is 5.10 Å². The molecule has 0 radical (unpaired) electrons. The van der Waals surface area contributed by atoms with Gasteiger partial charge in [0.2, 0.25) is 0 Å². The molecule has 0 saturated carbocycles. The van der Waals surface area contributed by atoms with Gasteiger partial charge < -0.3 is 5.11 Å². The van der Waals surface area contributed by atoms with Crippen LogP contribution in [0.5, 0.6) is 0 Å². The average Bonchev–Trinajstić information content (AvgIpc) is 2.83. The maximum absolute atomic E-state index is 12.2. The van der Waals surface area contributed by atoms with Gasteiger partial charge in [-0.3, -0.25) is 0 Å². The van der Waals surface area contributed by atoms with Crippen molar-refractivity contribution in [2.45, 2.75) is 25.8 Å². The topological polar surface area (TPSA) is 109 Å². The monoisotopic (exact) mass is 317 g/mol. The summed E-state index contributed by atoms with van der Waals surface area (Å²) in [4.78, 5) is 10.7. The highest BCUT2D eigenvalue weighted by Gasteiger charge is 2.39. The summed E-state index contributed by atoms with van der Waals surface area (Å²) in [5, 5.41) is 16.0. The minimum atomic E-state index is -3.44. The predicted molar refractivity (Wildman–Crippen MR) is 74.0 cm³/mol. The Hall–Kier alpha value is -1.52.